The molecule has 0 bridgehead atoms. The summed E-state index contributed by atoms with van der Waals surface area (Å²) in [6, 6.07) is 19.2. The van der Waals surface area contributed by atoms with Crippen molar-refractivity contribution in [3.05, 3.63) is 84.2 Å². The summed E-state index contributed by atoms with van der Waals surface area (Å²) in [4.78, 5) is 27.7. The number of hydrogen-bond donors (Lipinski definition) is 1. The average Bonchev–Trinajstić information content (AvgIpc) is 2.69. The number of anilines is 1. The summed E-state index contributed by atoms with van der Waals surface area (Å²) in [5.74, 6) is 0.475. The predicted octanol–water partition coefficient (Wildman–Crippen LogP) is 3.91. The molecular formula is C20H16N2O4. The molecule has 6 heteroatoms. The number of hydrogen-bond acceptors (Lipinski definition) is 5. The zero-order chi connectivity index (χ0) is 18.4. The predicted molar refractivity (Wildman–Crippen MR) is 96.5 cm³/mol. The van der Waals surface area contributed by atoms with Crippen molar-refractivity contribution >= 4 is 17.6 Å². The van der Waals surface area contributed by atoms with E-state index in [1.165, 1.54) is 19.4 Å². The molecule has 26 heavy (non-hydrogen) atoms. The minimum absolute atomic E-state index is 0.122. The van der Waals surface area contributed by atoms with E-state index in [1.54, 1.807) is 30.3 Å². The molecule has 0 aliphatic carbocycles. The van der Waals surface area contributed by atoms with Gasteiger partial charge in [0.2, 0.25) is 0 Å². The largest absolute Gasteiger partial charge is 0.464 e. The van der Waals surface area contributed by atoms with Crippen LogP contribution in [0, 0.1) is 0 Å². The van der Waals surface area contributed by atoms with Crippen LogP contribution in [0.25, 0.3) is 0 Å². The zero-order valence-corrected chi connectivity index (χ0v) is 14.0. The van der Waals surface area contributed by atoms with Crippen LogP contribution in [-0.2, 0) is 4.74 Å². The Morgan fingerprint density at radius 3 is 2.31 bits per heavy atom. The van der Waals surface area contributed by atoms with Crippen LogP contribution in [0.2, 0.25) is 0 Å². The lowest BCUT2D eigenvalue weighted by molar-refractivity contribution is 0.0594. The van der Waals surface area contributed by atoms with Gasteiger partial charge in [0.05, 0.1) is 7.11 Å². The molecule has 3 aromatic rings. The quantitative estimate of drug-likeness (QED) is 0.707. The molecule has 0 spiro atoms. The van der Waals surface area contributed by atoms with E-state index >= 15 is 0 Å². The number of pyridine rings is 1. The molecule has 2 aromatic carbocycles. The molecular weight excluding hydrogens is 332 g/mol. The fraction of sp³-hybridized carbons (Fsp3) is 0.0500. The number of rotatable bonds is 5. The smallest absolute Gasteiger partial charge is 0.356 e. The molecule has 1 aromatic heterocycles. The van der Waals surface area contributed by atoms with Crippen LogP contribution >= 0.6 is 0 Å². The molecule has 0 radical (unpaired) electrons. The van der Waals surface area contributed by atoms with E-state index in [-0.39, 0.29) is 11.6 Å². The maximum Gasteiger partial charge on any atom is 0.356 e. The second-order valence-electron chi connectivity index (χ2n) is 5.31. The monoisotopic (exact) mass is 348 g/mol. The molecule has 3 rings (SSSR count). The van der Waals surface area contributed by atoms with E-state index in [0.717, 1.165) is 5.75 Å². The highest BCUT2D eigenvalue weighted by molar-refractivity contribution is 6.04. The van der Waals surface area contributed by atoms with Crippen molar-refractivity contribution < 1.29 is 19.1 Å². The van der Waals surface area contributed by atoms with Crippen molar-refractivity contribution in [2.75, 3.05) is 12.4 Å². The van der Waals surface area contributed by atoms with Gasteiger partial charge in [0.15, 0.2) is 0 Å². The summed E-state index contributed by atoms with van der Waals surface area (Å²) in [7, 11) is 1.27. The zero-order valence-electron chi connectivity index (χ0n) is 14.0. The number of nitrogens with one attached hydrogen (secondary N) is 1. The van der Waals surface area contributed by atoms with Gasteiger partial charge in [0.25, 0.3) is 5.91 Å². The molecule has 0 aliphatic rings. The number of aromatic nitrogens is 1. The van der Waals surface area contributed by atoms with E-state index in [0.29, 0.717) is 17.0 Å². The number of ether oxygens (including phenoxy) is 2. The standard InChI is InChI=1S/C20H16N2O4/c1-25-20(24)18-13-15(11-12-21-18)22-19(23)14-7-9-17(10-8-14)26-16-5-3-2-4-6-16/h2-13H,1H3,(H,21,22,23). The fourth-order valence-electron chi connectivity index (χ4n) is 2.23. The first-order chi connectivity index (χ1) is 12.7. The average molecular weight is 348 g/mol. The Morgan fingerprint density at radius 1 is 0.923 bits per heavy atom. The highest BCUT2D eigenvalue weighted by Gasteiger charge is 2.10. The summed E-state index contributed by atoms with van der Waals surface area (Å²) >= 11 is 0. The van der Waals surface area contributed by atoms with Gasteiger partial charge in [-0.2, -0.15) is 0 Å². The van der Waals surface area contributed by atoms with Crippen molar-refractivity contribution in [3.8, 4) is 11.5 Å². The lowest BCUT2D eigenvalue weighted by Crippen LogP contribution is -2.13. The molecule has 0 unspecified atom stereocenters. The number of para-hydroxylation sites is 1. The Morgan fingerprint density at radius 2 is 1.62 bits per heavy atom. The third-order valence-corrected chi connectivity index (χ3v) is 3.51. The summed E-state index contributed by atoms with van der Waals surface area (Å²) in [5, 5.41) is 2.72. The maximum absolute atomic E-state index is 12.3. The second-order valence-corrected chi connectivity index (χ2v) is 5.31. The first-order valence-corrected chi connectivity index (χ1v) is 7.84. The van der Waals surface area contributed by atoms with Crippen molar-refractivity contribution in [3.63, 3.8) is 0 Å². The third-order valence-electron chi connectivity index (χ3n) is 3.51. The van der Waals surface area contributed by atoms with Crippen LogP contribution < -0.4 is 10.1 Å². The highest BCUT2D eigenvalue weighted by atomic mass is 16.5. The van der Waals surface area contributed by atoms with E-state index in [1.807, 2.05) is 30.3 Å². The minimum atomic E-state index is -0.566. The highest BCUT2D eigenvalue weighted by Crippen LogP contribution is 2.21. The van der Waals surface area contributed by atoms with E-state index < -0.39 is 5.97 Å². The number of carbonyl (C=O) groups excluding carboxylic acids is 2. The van der Waals surface area contributed by atoms with Gasteiger partial charge in [-0.15, -0.1) is 0 Å². The Bertz CT molecular complexity index is 909. The van der Waals surface area contributed by atoms with Crippen LogP contribution in [0.15, 0.2) is 72.9 Å². The summed E-state index contributed by atoms with van der Waals surface area (Å²) in [5.41, 5.74) is 1.04. The summed E-state index contributed by atoms with van der Waals surface area (Å²) < 4.78 is 10.3. The summed E-state index contributed by atoms with van der Waals surface area (Å²) in [6.07, 6.45) is 1.43. The molecule has 0 saturated carbocycles. The molecule has 1 amide bonds. The first-order valence-electron chi connectivity index (χ1n) is 7.84. The van der Waals surface area contributed by atoms with Crippen molar-refractivity contribution in [1.29, 1.82) is 0 Å². The number of carbonyl (C=O) groups is 2. The van der Waals surface area contributed by atoms with Crippen LogP contribution in [0.4, 0.5) is 5.69 Å². The molecule has 130 valence electrons. The first kappa shape index (κ1) is 17.2. The van der Waals surface area contributed by atoms with Crippen LogP contribution in [0.3, 0.4) is 0 Å². The lowest BCUT2D eigenvalue weighted by Gasteiger charge is -2.08. The lowest BCUT2D eigenvalue weighted by atomic mass is 10.2. The molecule has 6 nitrogen and oxygen atoms in total. The SMILES string of the molecule is COC(=O)c1cc(NC(=O)c2ccc(Oc3ccccc3)cc2)ccn1. The fourth-order valence-corrected chi connectivity index (χ4v) is 2.23. The van der Waals surface area contributed by atoms with Crippen LogP contribution in [0.1, 0.15) is 20.8 Å². The van der Waals surface area contributed by atoms with Gasteiger partial charge >= 0.3 is 5.97 Å². The third kappa shape index (κ3) is 4.24. The Hall–Kier alpha value is -3.67. The molecule has 1 heterocycles. The van der Waals surface area contributed by atoms with E-state index in [9.17, 15) is 9.59 Å². The molecule has 1 N–H and O–H groups in total. The summed E-state index contributed by atoms with van der Waals surface area (Å²) in [6.45, 7) is 0. The maximum atomic E-state index is 12.3. The molecule has 0 fully saturated rings. The van der Waals surface area contributed by atoms with Crippen LogP contribution in [0.5, 0.6) is 11.5 Å². The Balaban J connectivity index is 1.68. The van der Waals surface area contributed by atoms with Crippen LogP contribution in [-0.4, -0.2) is 24.0 Å². The second kappa shape index (κ2) is 7.94. The Kier molecular flexibility index (Phi) is 5.24. The minimum Gasteiger partial charge on any atom is -0.464 e. The molecule has 0 aliphatic heterocycles. The van der Waals surface area contributed by atoms with Gasteiger partial charge in [-0.3, -0.25) is 4.79 Å². The van der Waals surface area contributed by atoms with Crippen molar-refractivity contribution in [2.24, 2.45) is 0 Å². The Labute approximate surface area is 150 Å². The molecule has 0 saturated heterocycles. The van der Waals surface area contributed by atoms with Crippen molar-refractivity contribution in [1.82, 2.24) is 4.98 Å². The topological polar surface area (TPSA) is 77.5 Å². The number of benzene rings is 2. The van der Waals surface area contributed by atoms with Gasteiger partial charge in [0.1, 0.15) is 17.2 Å². The normalized spacial score (nSPS) is 10.0. The van der Waals surface area contributed by atoms with Gasteiger partial charge < -0.3 is 14.8 Å². The molecule has 0 atom stereocenters. The number of esters is 1. The van der Waals surface area contributed by atoms with Gasteiger partial charge in [0, 0.05) is 17.4 Å². The van der Waals surface area contributed by atoms with Gasteiger partial charge in [-0.25, -0.2) is 9.78 Å². The van der Waals surface area contributed by atoms with Gasteiger partial charge in [-0.05, 0) is 48.5 Å². The van der Waals surface area contributed by atoms with Crippen molar-refractivity contribution in [2.45, 2.75) is 0 Å². The number of nitrogens with zero attached hydrogens (tertiary/aromatic N) is 1. The number of amides is 1. The number of methoxy groups -OCH3 is 1. The van der Waals surface area contributed by atoms with Gasteiger partial charge in [-0.1, -0.05) is 18.2 Å². The van der Waals surface area contributed by atoms with E-state index in [4.69, 9.17) is 4.74 Å². The van der Waals surface area contributed by atoms with E-state index in [2.05, 4.69) is 15.0 Å².